The molecule has 0 heterocycles. The van der Waals surface area contributed by atoms with Gasteiger partial charge in [0.1, 0.15) is 0 Å². The maximum atomic E-state index is 10.1. The van der Waals surface area contributed by atoms with Gasteiger partial charge >= 0.3 is 5.97 Å². The van der Waals surface area contributed by atoms with Crippen LogP contribution >= 0.6 is 0 Å². The van der Waals surface area contributed by atoms with Gasteiger partial charge in [0.25, 0.3) is 0 Å². The molecule has 1 N–H and O–H groups in total. The monoisotopic (exact) mass is 170 g/mol. The highest BCUT2D eigenvalue weighted by Gasteiger charge is 1.88. The molecule has 0 aliphatic heterocycles. The quantitative estimate of drug-likeness (QED) is 0.592. The van der Waals surface area contributed by atoms with Crippen molar-refractivity contribution in [2.24, 2.45) is 0 Å². The number of terminal acetylenes is 1. The second-order valence-electron chi connectivity index (χ2n) is 2.28. The standard InChI is InChI=1S/C11H6O2/c1-2-9-3-5-10(6-4-9)7-8-11(12)13/h1,3-6H,(H,12,13). The molecule has 0 bridgehead atoms. The molecule has 0 amide bonds. The van der Waals surface area contributed by atoms with Crippen LogP contribution in [0.4, 0.5) is 0 Å². The van der Waals surface area contributed by atoms with Crippen molar-refractivity contribution in [2.75, 3.05) is 0 Å². The van der Waals surface area contributed by atoms with Gasteiger partial charge in [-0.1, -0.05) is 11.8 Å². The first-order valence-electron chi connectivity index (χ1n) is 3.54. The van der Waals surface area contributed by atoms with Gasteiger partial charge in [-0.15, -0.1) is 6.42 Å². The zero-order valence-electron chi connectivity index (χ0n) is 6.74. The van der Waals surface area contributed by atoms with Crippen molar-refractivity contribution in [3.8, 4) is 24.2 Å². The highest BCUT2D eigenvalue weighted by atomic mass is 16.4. The van der Waals surface area contributed by atoms with E-state index in [0.717, 1.165) is 5.56 Å². The van der Waals surface area contributed by atoms with Crippen molar-refractivity contribution in [3.63, 3.8) is 0 Å². The van der Waals surface area contributed by atoms with Gasteiger partial charge < -0.3 is 5.11 Å². The summed E-state index contributed by atoms with van der Waals surface area (Å²) in [6, 6.07) is 6.80. The Balaban J connectivity index is 2.90. The summed E-state index contributed by atoms with van der Waals surface area (Å²) in [5.74, 6) is 5.81. The van der Waals surface area contributed by atoms with Crippen LogP contribution in [-0.4, -0.2) is 11.1 Å². The van der Waals surface area contributed by atoms with E-state index in [-0.39, 0.29) is 0 Å². The molecule has 0 aromatic heterocycles. The Kier molecular flexibility index (Phi) is 2.73. The van der Waals surface area contributed by atoms with Crippen LogP contribution in [0.1, 0.15) is 11.1 Å². The lowest BCUT2D eigenvalue weighted by molar-refractivity contribution is -0.130. The van der Waals surface area contributed by atoms with Gasteiger partial charge in [0.15, 0.2) is 0 Å². The third-order valence-electron chi connectivity index (χ3n) is 1.37. The van der Waals surface area contributed by atoms with Crippen LogP contribution in [0, 0.1) is 24.2 Å². The first-order chi connectivity index (χ1) is 6.22. The van der Waals surface area contributed by atoms with Crippen molar-refractivity contribution in [2.45, 2.75) is 0 Å². The first kappa shape index (κ1) is 8.90. The zero-order chi connectivity index (χ0) is 9.68. The second-order valence-corrected chi connectivity index (χ2v) is 2.28. The Bertz CT molecular complexity index is 410. The summed E-state index contributed by atoms with van der Waals surface area (Å²) in [5, 5.41) is 8.27. The van der Waals surface area contributed by atoms with Crippen molar-refractivity contribution in [1.29, 1.82) is 0 Å². The average molecular weight is 170 g/mol. The fourth-order valence-corrected chi connectivity index (χ4v) is 0.775. The van der Waals surface area contributed by atoms with E-state index >= 15 is 0 Å². The normalized spacial score (nSPS) is 7.92. The topological polar surface area (TPSA) is 37.3 Å². The molecule has 1 aromatic carbocycles. The molecule has 13 heavy (non-hydrogen) atoms. The van der Waals surface area contributed by atoms with Gasteiger partial charge in [-0.2, -0.15) is 0 Å². The summed E-state index contributed by atoms with van der Waals surface area (Å²) in [6.07, 6.45) is 5.14. The molecule has 0 aliphatic carbocycles. The molecule has 0 radical (unpaired) electrons. The largest absolute Gasteiger partial charge is 0.472 e. The van der Waals surface area contributed by atoms with Crippen LogP contribution in [0.15, 0.2) is 24.3 Å². The van der Waals surface area contributed by atoms with E-state index in [0.29, 0.717) is 5.56 Å². The first-order valence-corrected chi connectivity index (χ1v) is 3.54. The van der Waals surface area contributed by atoms with E-state index in [4.69, 9.17) is 11.5 Å². The molecule has 1 aromatic rings. The van der Waals surface area contributed by atoms with Crippen molar-refractivity contribution < 1.29 is 9.90 Å². The fraction of sp³-hybridized carbons (Fsp3) is 0. The lowest BCUT2D eigenvalue weighted by Gasteiger charge is -1.89. The van der Waals surface area contributed by atoms with E-state index in [2.05, 4.69) is 11.8 Å². The number of carboxylic acid groups (broad SMARTS) is 1. The van der Waals surface area contributed by atoms with Crippen LogP contribution < -0.4 is 0 Å². The molecule has 1 rings (SSSR count). The van der Waals surface area contributed by atoms with Gasteiger partial charge in [-0.3, -0.25) is 0 Å². The Hall–Kier alpha value is -2.19. The minimum atomic E-state index is -1.14. The Morgan fingerprint density at radius 2 is 1.77 bits per heavy atom. The van der Waals surface area contributed by atoms with Crippen molar-refractivity contribution in [1.82, 2.24) is 0 Å². The summed E-state index contributed by atoms with van der Waals surface area (Å²) in [7, 11) is 0. The third-order valence-corrected chi connectivity index (χ3v) is 1.37. The minimum absolute atomic E-state index is 0.640. The number of carbonyl (C=O) groups is 1. The SMILES string of the molecule is C#Cc1ccc(C#CC(=O)O)cc1. The lowest BCUT2D eigenvalue weighted by atomic mass is 10.1. The molecule has 62 valence electrons. The molecule has 0 spiro atoms. The number of hydrogen-bond acceptors (Lipinski definition) is 1. The third kappa shape index (κ3) is 2.73. The summed E-state index contributed by atoms with van der Waals surface area (Å²) >= 11 is 0. The van der Waals surface area contributed by atoms with Gasteiger partial charge in [-0.05, 0) is 24.3 Å². The molecule has 0 aliphatic rings. The van der Waals surface area contributed by atoms with Crippen molar-refractivity contribution in [3.05, 3.63) is 35.4 Å². The second kappa shape index (κ2) is 3.99. The maximum absolute atomic E-state index is 10.1. The minimum Gasteiger partial charge on any atom is -0.472 e. The molecule has 0 saturated heterocycles. The highest BCUT2D eigenvalue weighted by molar-refractivity contribution is 5.87. The molecule has 2 nitrogen and oxygen atoms in total. The maximum Gasteiger partial charge on any atom is 0.382 e. The fourth-order valence-electron chi connectivity index (χ4n) is 0.775. The van der Waals surface area contributed by atoms with E-state index in [1.807, 2.05) is 5.92 Å². The Labute approximate surface area is 76.2 Å². The number of rotatable bonds is 0. The van der Waals surface area contributed by atoms with Gasteiger partial charge in [0, 0.05) is 17.0 Å². The average Bonchev–Trinajstić information content (AvgIpc) is 2.15. The molecular weight excluding hydrogens is 164 g/mol. The zero-order valence-corrected chi connectivity index (χ0v) is 6.74. The summed E-state index contributed by atoms with van der Waals surface area (Å²) < 4.78 is 0. The predicted molar refractivity (Wildman–Crippen MR) is 48.9 cm³/mol. The molecule has 0 atom stereocenters. The molecular formula is C11H6O2. The van der Waals surface area contributed by atoms with E-state index in [1.54, 1.807) is 24.3 Å². The lowest BCUT2D eigenvalue weighted by Crippen LogP contribution is -1.87. The smallest absolute Gasteiger partial charge is 0.382 e. The summed E-state index contributed by atoms with van der Waals surface area (Å²) in [6.45, 7) is 0. The summed E-state index contributed by atoms with van der Waals surface area (Å²) in [4.78, 5) is 10.1. The van der Waals surface area contributed by atoms with Crippen LogP contribution in [0.25, 0.3) is 0 Å². The number of benzene rings is 1. The Morgan fingerprint density at radius 1 is 1.23 bits per heavy atom. The predicted octanol–water partition coefficient (Wildman–Crippen LogP) is 1.10. The van der Waals surface area contributed by atoms with Crippen molar-refractivity contribution >= 4 is 5.97 Å². The number of carboxylic acids is 1. The van der Waals surface area contributed by atoms with Gasteiger partial charge in [0.05, 0.1) is 0 Å². The molecule has 0 unspecified atom stereocenters. The van der Waals surface area contributed by atoms with Gasteiger partial charge in [0.2, 0.25) is 0 Å². The molecule has 0 saturated carbocycles. The van der Waals surface area contributed by atoms with E-state index in [1.165, 1.54) is 0 Å². The van der Waals surface area contributed by atoms with Crippen LogP contribution in [0.2, 0.25) is 0 Å². The number of aliphatic carboxylic acids is 1. The number of hydrogen-bond donors (Lipinski definition) is 1. The molecule has 2 heteroatoms. The van der Waals surface area contributed by atoms with E-state index in [9.17, 15) is 4.79 Å². The van der Waals surface area contributed by atoms with Gasteiger partial charge in [-0.25, -0.2) is 4.79 Å². The van der Waals surface area contributed by atoms with Crippen LogP contribution in [-0.2, 0) is 4.79 Å². The highest BCUT2D eigenvalue weighted by Crippen LogP contribution is 2.00. The summed E-state index contributed by atoms with van der Waals surface area (Å²) in [5.41, 5.74) is 1.39. The van der Waals surface area contributed by atoms with Crippen LogP contribution in [0.5, 0.6) is 0 Å². The van der Waals surface area contributed by atoms with Crippen LogP contribution in [0.3, 0.4) is 0 Å². The Morgan fingerprint density at radius 3 is 2.23 bits per heavy atom. The van der Waals surface area contributed by atoms with E-state index < -0.39 is 5.97 Å². The molecule has 0 fully saturated rings.